The van der Waals surface area contributed by atoms with Crippen LogP contribution in [0.25, 0.3) is 0 Å². The first kappa shape index (κ1) is 16.5. The Bertz CT molecular complexity index is 513. The number of aromatic carboxylic acids is 1. The third-order valence-electron chi connectivity index (χ3n) is 2.80. The average Bonchev–Trinajstić information content (AvgIpc) is 2.43. The third kappa shape index (κ3) is 5.52. The molecule has 0 atom stereocenters. The molecular formula is C14H19N3O4. The molecule has 0 aliphatic heterocycles. The quantitative estimate of drug-likeness (QED) is 0.707. The maximum absolute atomic E-state index is 12.1. The molecule has 0 heterocycles. The highest BCUT2D eigenvalue weighted by molar-refractivity contribution is 5.93. The SMILES string of the molecule is CCCCN(CC(N)=O)C(=O)Nc1ccc(C(=O)O)cc1. The number of unbranched alkanes of at least 4 members (excludes halogenated alkanes) is 1. The minimum absolute atomic E-state index is 0.132. The molecule has 0 bridgehead atoms. The van der Waals surface area contributed by atoms with Crippen molar-refractivity contribution < 1.29 is 19.5 Å². The van der Waals surface area contributed by atoms with Crippen molar-refractivity contribution in [2.75, 3.05) is 18.4 Å². The highest BCUT2D eigenvalue weighted by atomic mass is 16.4. The minimum atomic E-state index is -1.04. The highest BCUT2D eigenvalue weighted by Gasteiger charge is 2.15. The summed E-state index contributed by atoms with van der Waals surface area (Å²) in [7, 11) is 0. The number of nitrogens with one attached hydrogen (secondary N) is 1. The Morgan fingerprint density at radius 3 is 2.33 bits per heavy atom. The summed E-state index contributed by atoms with van der Waals surface area (Å²) in [6, 6.07) is 5.32. The zero-order chi connectivity index (χ0) is 15.8. The fraction of sp³-hybridized carbons (Fsp3) is 0.357. The van der Waals surface area contributed by atoms with Crippen molar-refractivity contribution in [1.82, 2.24) is 4.90 Å². The fourth-order valence-electron chi connectivity index (χ4n) is 1.69. The summed E-state index contributed by atoms with van der Waals surface area (Å²) in [5.41, 5.74) is 5.71. The van der Waals surface area contributed by atoms with E-state index < -0.39 is 17.9 Å². The van der Waals surface area contributed by atoms with Crippen LogP contribution in [0.4, 0.5) is 10.5 Å². The number of amides is 3. The van der Waals surface area contributed by atoms with Gasteiger partial charge in [0.05, 0.1) is 5.56 Å². The largest absolute Gasteiger partial charge is 0.478 e. The van der Waals surface area contributed by atoms with E-state index in [1.54, 1.807) is 0 Å². The first-order valence-electron chi connectivity index (χ1n) is 6.61. The van der Waals surface area contributed by atoms with Gasteiger partial charge in [-0.2, -0.15) is 0 Å². The first-order valence-corrected chi connectivity index (χ1v) is 6.61. The van der Waals surface area contributed by atoms with E-state index >= 15 is 0 Å². The molecule has 21 heavy (non-hydrogen) atoms. The van der Waals surface area contributed by atoms with E-state index in [4.69, 9.17) is 10.8 Å². The van der Waals surface area contributed by atoms with Crippen molar-refractivity contribution in [1.29, 1.82) is 0 Å². The van der Waals surface area contributed by atoms with Crippen LogP contribution < -0.4 is 11.1 Å². The van der Waals surface area contributed by atoms with Gasteiger partial charge in [-0.3, -0.25) is 4.79 Å². The number of anilines is 1. The Balaban J connectivity index is 2.70. The highest BCUT2D eigenvalue weighted by Crippen LogP contribution is 2.10. The number of urea groups is 1. The Morgan fingerprint density at radius 1 is 1.24 bits per heavy atom. The second-order valence-electron chi connectivity index (χ2n) is 4.55. The van der Waals surface area contributed by atoms with Gasteiger partial charge in [0.15, 0.2) is 0 Å². The summed E-state index contributed by atoms with van der Waals surface area (Å²) < 4.78 is 0. The zero-order valence-corrected chi connectivity index (χ0v) is 11.8. The molecule has 0 unspecified atom stereocenters. The molecule has 0 aliphatic rings. The van der Waals surface area contributed by atoms with Crippen molar-refractivity contribution in [3.05, 3.63) is 29.8 Å². The molecule has 1 rings (SSSR count). The van der Waals surface area contributed by atoms with Crippen molar-refractivity contribution in [2.45, 2.75) is 19.8 Å². The van der Waals surface area contributed by atoms with Gasteiger partial charge < -0.3 is 21.1 Å². The molecule has 3 amide bonds. The topological polar surface area (TPSA) is 113 Å². The minimum Gasteiger partial charge on any atom is -0.478 e. The second kappa shape index (κ2) is 7.88. The summed E-state index contributed by atoms with van der Waals surface area (Å²) in [6.07, 6.45) is 1.65. The summed E-state index contributed by atoms with van der Waals surface area (Å²) in [4.78, 5) is 35.1. The van der Waals surface area contributed by atoms with Crippen molar-refractivity contribution >= 4 is 23.6 Å². The summed E-state index contributed by atoms with van der Waals surface area (Å²) in [5.74, 6) is -1.62. The first-order chi connectivity index (χ1) is 9.93. The van der Waals surface area contributed by atoms with E-state index in [9.17, 15) is 14.4 Å². The van der Waals surface area contributed by atoms with Crippen LogP contribution in [0.5, 0.6) is 0 Å². The van der Waals surface area contributed by atoms with Crippen molar-refractivity contribution in [3.63, 3.8) is 0 Å². The lowest BCUT2D eigenvalue weighted by Crippen LogP contribution is -2.41. The van der Waals surface area contributed by atoms with E-state index in [2.05, 4.69) is 5.32 Å². The van der Waals surface area contributed by atoms with E-state index in [0.29, 0.717) is 12.2 Å². The van der Waals surface area contributed by atoms with Gasteiger partial charge in [-0.15, -0.1) is 0 Å². The molecule has 0 saturated heterocycles. The maximum Gasteiger partial charge on any atom is 0.335 e. The van der Waals surface area contributed by atoms with Gasteiger partial charge in [-0.25, -0.2) is 9.59 Å². The third-order valence-corrected chi connectivity index (χ3v) is 2.80. The number of carbonyl (C=O) groups excluding carboxylic acids is 2. The number of nitrogens with zero attached hydrogens (tertiary/aromatic N) is 1. The van der Waals surface area contributed by atoms with Gasteiger partial charge in [-0.1, -0.05) is 13.3 Å². The van der Waals surface area contributed by atoms with Gasteiger partial charge >= 0.3 is 12.0 Å². The Morgan fingerprint density at radius 2 is 1.86 bits per heavy atom. The van der Waals surface area contributed by atoms with E-state index in [1.165, 1.54) is 29.2 Å². The number of benzene rings is 1. The number of carboxylic acids is 1. The van der Waals surface area contributed by atoms with Crippen molar-refractivity contribution in [2.24, 2.45) is 5.73 Å². The summed E-state index contributed by atoms with van der Waals surface area (Å²) in [5, 5.41) is 11.4. The molecular weight excluding hydrogens is 274 g/mol. The van der Waals surface area contributed by atoms with Crippen LogP contribution in [-0.4, -0.2) is 41.0 Å². The summed E-state index contributed by atoms with van der Waals surface area (Å²) in [6.45, 7) is 2.25. The van der Waals surface area contributed by atoms with Crippen LogP contribution >= 0.6 is 0 Å². The number of carboxylic acid groups (broad SMARTS) is 1. The van der Waals surface area contributed by atoms with E-state index in [0.717, 1.165) is 12.8 Å². The van der Waals surface area contributed by atoms with Gasteiger partial charge in [0.2, 0.25) is 5.91 Å². The normalized spacial score (nSPS) is 9.95. The van der Waals surface area contributed by atoms with Crippen LogP contribution in [0, 0.1) is 0 Å². The van der Waals surface area contributed by atoms with Crippen LogP contribution in [0.1, 0.15) is 30.1 Å². The Labute approximate surface area is 122 Å². The lowest BCUT2D eigenvalue weighted by atomic mass is 10.2. The smallest absolute Gasteiger partial charge is 0.335 e. The molecule has 0 fully saturated rings. The monoisotopic (exact) mass is 293 g/mol. The Hall–Kier alpha value is -2.57. The molecule has 0 spiro atoms. The number of nitrogens with two attached hydrogens (primary N) is 1. The predicted octanol–water partition coefficient (Wildman–Crippen LogP) is 1.50. The second-order valence-corrected chi connectivity index (χ2v) is 4.55. The number of hydrogen-bond acceptors (Lipinski definition) is 3. The average molecular weight is 293 g/mol. The van der Waals surface area contributed by atoms with Crippen LogP contribution in [0.3, 0.4) is 0 Å². The summed E-state index contributed by atoms with van der Waals surface area (Å²) >= 11 is 0. The predicted molar refractivity (Wildman–Crippen MR) is 78.1 cm³/mol. The molecule has 7 heteroatoms. The molecule has 1 aromatic rings. The van der Waals surface area contributed by atoms with Crippen LogP contribution in [0.2, 0.25) is 0 Å². The van der Waals surface area contributed by atoms with E-state index in [1.807, 2.05) is 6.92 Å². The van der Waals surface area contributed by atoms with Crippen molar-refractivity contribution in [3.8, 4) is 0 Å². The molecule has 114 valence electrons. The van der Waals surface area contributed by atoms with Gasteiger partial charge in [0, 0.05) is 12.2 Å². The molecule has 0 aromatic heterocycles. The standard InChI is InChI=1S/C14H19N3O4/c1-2-3-8-17(9-12(15)18)14(21)16-11-6-4-10(5-7-11)13(19)20/h4-7H,2-3,8-9H2,1H3,(H2,15,18)(H,16,21)(H,19,20). The number of carbonyl (C=O) groups is 3. The van der Waals surface area contributed by atoms with Crippen LogP contribution in [0.15, 0.2) is 24.3 Å². The molecule has 1 aromatic carbocycles. The van der Waals surface area contributed by atoms with E-state index in [-0.39, 0.29) is 12.1 Å². The maximum atomic E-state index is 12.1. The fourth-order valence-corrected chi connectivity index (χ4v) is 1.69. The number of rotatable bonds is 7. The zero-order valence-electron chi connectivity index (χ0n) is 11.8. The molecule has 7 nitrogen and oxygen atoms in total. The Kier molecular flexibility index (Phi) is 6.19. The van der Waals surface area contributed by atoms with Gasteiger partial charge in [0.25, 0.3) is 0 Å². The molecule has 0 aliphatic carbocycles. The lowest BCUT2D eigenvalue weighted by molar-refractivity contribution is -0.118. The van der Waals surface area contributed by atoms with Gasteiger partial charge in [0.1, 0.15) is 6.54 Å². The van der Waals surface area contributed by atoms with Crippen LogP contribution in [-0.2, 0) is 4.79 Å². The number of primary amides is 1. The number of hydrogen-bond donors (Lipinski definition) is 3. The lowest BCUT2D eigenvalue weighted by Gasteiger charge is -2.21. The molecule has 0 saturated carbocycles. The molecule has 0 radical (unpaired) electrons. The van der Waals surface area contributed by atoms with Gasteiger partial charge in [-0.05, 0) is 30.7 Å². The molecule has 4 N–H and O–H groups in total.